The average Bonchev–Trinajstić information content (AvgIpc) is 2.77. The fraction of sp³-hybridized carbons (Fsp3) is 0.533. The predicted molar refractivity (Wildman–Crippen MR) is 91.8 cm³/mol. The molecule has 0 radical (unpaired) electrons. The monoisotopic (exact) mass is 372 g/mol. The van der Waals surface area contributed by atoms with Crippen molar-refractivity contribution in [2.24, 2.45) is 5.11 Å². The Kier molecular flexibility index (Phi) is 6.99. The van der Waals surface area contributed by atoms with Gasteiger partial charge in [-0.3, -0.25) is 0 Å². The van der Waals surface area contributed by atoms with Gasteiger partial charge in [0.2, 0.25) is 0 Å². The average molecular weight is 373 g/mol. The Bertz CT molecular complexity index is 637. The summed E-state index contributed by atoms with van der Waals surface area (Å²) in [4.78, 5) is 15.5. The van der Waals surface area contributed by atoms with Crippen molar-refractivity contribution >= 4 is 29.3 Å². The minimum Gasteiger partial charge on any atom is -0.465 e. The molecule has 24 heavy (non-hydrogen) atoms. The van der Waals surface area contributed by atoms with Crippen molar-refractivity contribution in [3.05, 3.63) is 44.3 Å². The van der Waals surface area contributed by atoms with Gasteiger partial charge in [-0.2, -0.15) is 0 Å². The van der Waals surface area contributed by atoms with Gasteiger partial charge in [0, 0.05) is 30.5 Å². The molecule has 2 rings (SSSR count). The van der Waals surface area contributed by atoms with Crippen LogP contribution in [0.15, 0.2) is 23.3 Å². The highest BCUT2D eigenvalue weighted by atomic mass is 35.5. The van der Waals surface area contributed by atoms with E-state index in [-0.39, 0.29) is 12.0 Å². The number of halogens is 2. The number of rotatable bonds is 5. The number of hydrogen-bond donors (Lipinski definition) is 1. The van der Waals surface area contributed by atoms with Crippen LogP contribution >= 0.6 is 23.2 Å². The molecule has 2 unspecified atom stereocenters. The summed E-state index contributed by atoms with van der Waals surface area (Å²) < 4.78 is 5.88. The topological polar surface area (TPSA) is 98.5 Å². The summed E-state index contributed by atoms with van der Waals surface area (Å²) in [6.07, 6.45) is 0.177. The van der Waals surface area contributed by atoms with Gasteiger partial charge in [0.05, 0.1) is 22.8 Å². The van der Waals surface area contributed by atoms with Gasteiger partial charge in [-0.05, 0) is 36.1 Å². The van der Waals surface area contributed by atoms with E-state index in [4.69, 9.17) is 33.5 Å². The molecule has 130 valence electrons. The van der Waals surface area contributed by atoms with Crippen molar-refractivity contribution in [2.75, 3.05) is 26.2 Å². The van der Waals surface area contributed by atoms with E-state index in [1.165, 1.54) is 4.90 Å². The third kappa shape index (κ3) is 4.92. The Morgan fingerprint density at radius 3 is 2.92 bits per heavy atom. The Balaban J connectivity index is 2.22. The highest BCUT2D eigenvalue weighted by Gasteiger charge is 2.31. The zero-order valence-electron chi connectivity index (χ0n) is 12.9. The molecule has 1 fully saturated rings. The molecule has 0 bridgehead atoms. The van der Waals surface area contributed by atoms with Crippen molar-refractivity contribution in [2.45, 2.75) is 24.9 Å². The second kappa shape index (κ2) is 8.99. The van der Waals surface area contributed by atoms with E-state index in [1.54, 1.807) is 12.1 Å². The Hall–Kier alpha value is -1.66. The van der Waals surface area contributed by atoms with Gasteiger partial charge in [0.15, 0.2) is 0 Å². The number of benzene rings is 1. The number of amides is 1. The Morgan fingerprint density at radius 2 is 2.25 bits per heavy atom. The highest BCUT2D eigenvalue weighted by molar-refractivity contribution is 6.42. The molecule has 0 spiro atoms. The van der Waals surface area contributed by atoms with Gasteiger partial charge in [-0.25, -0.2) is 4.79 Å². The van der Waals surface area contributed by atoms with Crippen molar-refractivity contribution in [3.8, 4) is 0 Å². The minimum atomic E-state index is -0.974. The lowest BCUT2D eigenvalue weighted by atomic mass is 9.90. The maximum absolute atomic E-state index is 11.4. The summed E-state index contributed by atoms with van der Waals surface area (Å²) in [6, 6.07) is 5.30. The smallest absolute Gasteiger partial charge is 0.407 e. The van der Waals surface area contributed by atoms with Crippen LogP contribution < -0.4 is 0 Å². The molecule has 1 N–H and O–H groups in total. The molecular weight excluding hydrogens is 355 g/mol. The van der Waals surface area contributed by atoms with Crippen LogP contribution in [0.3, 0.4) is 0 Å². The first kappa shape index (κ1) is 18.7. The molecule has 1 aromatic carbocycles. The van der Waals surface area contributed by atoms with Gasteiger partial charge in [0.25, 0.3) is 0 Å². The lowest BCUT2D eigenvalue weighted by molar-refractivity contribution is 0.0442. The Morgan fingerprint density at radius 1 is 1.46 bits per heavy atom. The van der Waals surface area contributed by atoms with E-state index in [0.29, 0.717) is 49.1 Å². The molecule has 1 amide bonds. The molecule has 1 aliphatic rings. The molecule has 1 heterocycles. The number of carbonyl (C=O) groups is 1. The standard InChI is InChI=1S/C15H18Cl2N4O3/c16-12-4-3-10(8-13(12)17)11-9-21(15(22)23)6-7-24-14(11)2-1-5-19-20-18/h3-4,8,11,14H,1-2,5-7,9H2,(H,22,23). The van der Waals surface area contributed by atoms with Crippen LogP contribution in [-0.2, 0) is 4.74 Å². The quantitative estimate of drug-likeness (QED) is 0.355. The van der Waals surface area contributed by atoms with E-state index < -0.39 is 6.09 Å². The Labute approximate surface area is 149 Å². The van der Waals surface area contributed by atoms with Gasteiger partial charge < -0.3 is 14.7 Å². The van der Waals surface area contributed by atoms with Crippen LogP contribution in [0, 0.1) is 0 Å². The van der Waals surface area contributed by atoms with Crippen molar-refractivity contribution < 1.29 is 14.6 Å². The first-order valence-electron chi connectivity index (χ1n) is 7.58. The van der Waals surface area contributed by atoms with Gasteiger partial charge in [-0.15, -0.1) is 0 Å². The lowest BCUT2D eigenvalue weighted by Gasteiger charge is -2.27. The molecule has 0 aliphatic carbocycles. The van der Waals surface area contributed by atoms with E-state index in [9.17, 15) is 9.90 Å². The second-order valence-electron chi connectivity index (χ2n) is 5.51. The number of carboxylic acid groups (broad SMARTS) is 1. The number of azide groups is 1. The number of nitrogens with zero attached hydrogens (tertiary/aromatic N) is 4. The third-order valence-corrected chi connectivity index (χ3v) is 4.75. The zero-order chi connectivity index (χ0) is 17.5. The first-order valence-corrected chi connectivity index (χ1v) is 8.33. The number of hydrogen-bond acceptors (Lipinski definition) is 3. The summed E-state index contributed by atoms with van der Waals surface area (Å²) in [5, 5.41) is 13.7. The molecular formula is C15H18Cl2N4O3. The molecule has 1 aromatic rings. The molecule has 7 nitrogen and oxygen atoms in total. The normalized spacial score (nSPS) is 21.0. The second-order valence-corrected chi connectivity index (χ2v) is 6.33. The molecule has 9 heteroatoms. The zero-order valence-corrected chi connectivity index (χ0v) is 14.4. The van der Waals surface area contributed by atoms with Crippen LogP contribution in [-0.4, -0.2) is 48.4 Å². The molecule has 0 saturated carbocycles. The fourth-order valence-corrected chi connectivity index (χ4v) is 3.11. The first-order chi connectivity index (χ1) is 11.5. The van der Waals surface area contributed by atoms with Gasteiger partial charge >= 0.3 is 6.09 Å². The van der Waals surface area contributed by atoms with E-state index in [2.05, 4.69) is 10.0 Å². The minimum absolute atomic E-state index is 0.163. The summed E-state index contributed by atoms with van der Waals surface area (Å²) >= 11 is 12.1. The SMILES string of the molecule is [N-]=[N+]=NCCCC1OCCN(C(=O)O)CC1c1ccc(Cl)c(Cl)c1. The van der Waals surface area contributed by atoms with Crippen molar-refractivity contribution in [1.29, 1.82) is 0 Å². The van der Waals surface area contributed by atoms with E-state index in [0.717, 1.165) is 5.56 Å². The third-order valence-electron chi connectivity index (χ3n) is 4.01. The van der Waals surface area contributed by atoms with Gasteiger partial charge in [-0.1, -0.05) is 34.4 Å². The molecule has 0 aromatic heterocycles. The largest absolute Gasteiger partial charge is 0.465 e. The van der Waals surface area contributed by atoms with Crippen LogP contribution in [0.25, 0.3) is 10.4 Å². The summed E-state index contributed by atoms with van der Waals surface area (Å²) in [5.41, 5.74) is 9.24. The van der Waals surface area contributed by atoms with Crippen LogP contribution in [0.4, 0.5) is 4.79 Å². The van der Waals surface area contributed by atoms with Gasteiger partial charge in [0.1, 0.15) is 0 Å². The van der Waals surface area contributed by atoms with Crippen LogP contribution in [0.1, 0.15) is 24.3 Å². The molecule has 2 atom stereocenters. The van der Waals surface area contributed by atoms with Crippen LogP contribution in [0.5, 0.6) is 0 Å². The van der Waals surface area contributed by atoms with Crippen molar-refractivity contribution in [3.63, 3.8) is 0 Å². The summed E-state index contributed by atoms with van der Waals surface area (Å²) in [7, 11) is 0. The molecule has 1 aliphatic heterocycles. The predicted octanol–water partition coefficient (Wildman–Crippen LogP) is 4.55. The highest BCUT2D eigenvalue weighted by Crippen LogP contribution is 2.32. The maximum Gasteiger partial charge on any atom is 0.407 e. The van der Waals surface area contributed by atoms with E-state index >= 15 is 0 Å². The van der Waals surface area contributed by atoms with Crippen LogP contribution in [0.2, 0.25) is 10.0 Å². The maximum atomic E-state index is 11.4. The van der Waals surface area contributed by atoms with E-state index in [1.807, 2.05) is 6.07 Å². The lowest BCUT2D eigenvalue weighted by Crippen LogP contribution is -2.35. The fourth-order valence-electron chi connectivity index (χ4n) is 2.81. The van der Waals surface area contributed by atoms with Crippen molar-refractivity contribution in [1.82, 2.24) is 4.90 Å². The molecule has 1 saturated heterocycles. The number of ether oxygens (including phenoxy) is 1. The summed E-state index contributed by atoms with van der Waals surface area (Å²) in [5.74, 6) is -0.163. The summed E-state index contributed by atoms with van der Waals surface area (Å²) in [6.45, 7) is 1.35.